The first-order valence-electron chi connectivity index (χ1n) is 9.05. The number of aryl methyl sites for hydroxylation is 1. The summed E-state index contributed by atoms with van der Waals surface area (Å²) in [7, 11) is 0. The first-order chi connectivity index (χ1) is 12.2. The summed E-state index contributed by atoms with van der Waals surface area (Å²) in [5.74, 6) is -0.177. The number of hydrogen-bond acceptors (Lipinski definition) is 1. The normalized spacial score (nSPS) is 20.4. The second kappa shape index (κ2) is 6.51. The molecule has 2 aliphatic rings. The SMILES string of the molecule is O=C(NCC1(c2ccccc2F)CC1)NC1CCCc2ccccc21. The van der Waals surface area contributed by atoms with E-state index in [4.69, 9.17) is 0 Å². The topological polar surface area (TPSA) is 41.1 Å². The van der Waals surface area contributed by atoms with E-state index in [2.05, 4.69) is 22.8 Å². The minimum absolute atomic E-state index is 0.0635. The van der Waals surface area contributed by atoms with Gasteiger partial charge in [-0.2, -0.15) is 0 Å². The summed E-state index contributed by atoms with van der Waals surface area (Å²) in [5.41, 5.74) is 3.04. The molecule has 130 valence electrons. The van der Waals surface area contributed by atoms with Crippen LogP contribution >= 0.6 is 0 Å². The van der Waals surface area contributed by atoms with Crippen LogP contribution in [0, 0.1) is 5.82 Å². The van der Waals surface area contributed by atoms with E-state index >= 15 is 0 Å². The Hall–Kier alpha value is -2.36. The molecule has 2 aromatic rings. The van der Waals surface area contributed by atoms with Crippen molar-refractivity contribution in [2.24, 2.45) is 0 Å². The molecular weight excluding hydrogens is 315 g/mol. The molecular formula is C21H23FN2O. The lowest BCUT2D eigenvalue weighted by Gasteiger charge is -2.27. The Balaban J connectivity index is 1.39. The van der Waals surface area contributed by atoms with Crippen LogP contribution in [-0.2, 0) is 11.8 Å². The van der Waals surface area contributed by atoms with Gasteiger partial charge in [0, 0.05) is 12.0 Å². The lowest BCUT2D eigenvalue weighted by Crippen LogP contribution is -2.42. The molecule has 0 aromatic heterocycles. The van der Waals surface area contributed by atoms with Gasteiger partial charge in [-0.3, -0.25) is 0 Å². The molecule has 1 fully saturated rings. The molecule has 1 atom stereocenters. The molecule has 0 saturated heterocycles. The number of rotatable bonds is 4. The molecule has 3 nitrogen and oxygen atoms in total. The molecule has 2 aliphatic carbocycles. The summed E-state index contributed by atoms with van der Waals surface area (Å²) in [6.07, 6.45) is 4.96. The number of fused-ring (bicyclic) bond motifs is 1. The van der Waals surface area contributed by atoms with Crippen LogP contribution in [-0.4, -0.2) is 12.6 Å². The lowest BCUT2D eigenvalue weighted by molar-refractivity contribution is 0.234. The Morgan fingerprint density at radius 1 is 1.12 bits per heavy atom. The second-order valence-corrected chi connectivity index (χ2v) is 7.23. The van der Waals surface area contributed by atoms with E-state index < -0.39 is 0 Å². The van der Waals surface area contributed by atoms with Gasteiger partial charge >= 0.3 is 6.03 Å². The van der Waals surface area contributed by atoms with Crippen LogP contribution in [0.1, 0.15) is 48.4 Å². The smallest absolute Gasteiger partial charge is 0.315 e. The van der Waals surface area contributed by atoms with Gasteiger partial charge in [-0.1, -0.05) is 42.5 Å². The molecule has 0 aliphatic heterocycles. The number of carbonyl (C=O) groups is 1. The summed E-state index contributed by atoms with van der Waals surface area (Å²) >= 11 is 0. The van der Waals surface area contributed by atoms with E-state index in [0.29, 0.717) is 6.54 Å². The monoisotopic (exact) mass is 338 g/mol. The highest BCUT2D eigenvalue weighted by Gasteiger charge is 2.46. The molecule has 0 spiro atoms. The van der Waals surface area contributed by atoms with Crippen molar-refractivity contribution >= 4 is 6.03 Å². The molecule has 2 N–H and O–H groups in total. The van der Waals surface area contributed by atoms with Crippen LogP contribution in [0.25, 0.3) is 0 Å². The Morgan fingerprint density at radius 2 is 1.88 bits per heavy atom. The van der Waals surface area contributed by atoms with E-state index in [1.807, 2.05) is 24.3 Å². The minimum atomic E-state index is -0.229. The van der Waals surface area contributed by atoms with Crippen molar-refractivity contribution in [3.63, 3.8) is 0 Å². The quantitative estimate of drug-likeness (QED) is 0.860. The molecule has 25 heavy (non-hydrogen) atoms. The first kappa shape index (κ1) is 16.1. The lowest BCUT2D eigenvalue weighted by atomic mass is 9.88. The van der Waals surface area contributed by atoms with Gasteiger partial charge in [-0.05, 0) is 54.9 Å². The Morgan fingerprint density at radius 3 is 2.68 bits per heavy atom. The molecule has 2 amide bonds. The summed E-state index contributed by atoms with van der Waals surface area (Å²) < 4.78 is 14.1. The fourth-order valence-electron chi connectivity index (χ4n) is 3.95. The Labute approximate surface area is 147 Å². The van der Waals surface area contributed by atoms with E-state index in [1.165, 1.54) is 17.2 Å². The van der Waals surface area contributed by atoms with Crippen molar-refractivity contribution < 1.29 is 9.18 Å². The van der Waals surface area contributed by atoms with E-state index in [0.717, 1.165) is 37.7 Å². The Kier molecular flexibility index (Phi) is 4.20. The van der Waals surface area contributed by atoms with Crippen molar-refractivity contribution in [1.82, 2.24) is 10.6 Å². The minimum Gasteiger partial charge on any atom is -0.337 e. The van der Waals surface area contributed by atoms with Gasteiger partial charge in [-0.15, -0.1) is 0 Å². The third-order valence-corrected chi connectivity index (χ3v) is 5.56. The number of nitrogens with one attached hydrogen (secondary N) is 2. The van der Waals surface area contributed by atoms with Crippen molar-refractivity contribution in [1.29, 1.82) is 0 Å². The third-order valence-electron chi connectivity index (χ3n) is 5.56. The summed E-state index contributed by atoms with van der Waals surface area (Å²) in [5, 5.41) is 6.07. The number of urea groups is 1. The van der Waals surface area contributed by atoms with Gasteiger partial charge in [-0.25, -0.2) is 9.18 Å². The van der Waals surface area contributed by atoms with Gasteiger partial charge in [0.05, 0.1) is 6.04 Å². The van der Waals surface area contributed by atoms with Gasteiger partial charge in [0.2, 0.25) is 0 Å². The largest absolute Gasteiger partial charge is 0.337 e. The fourth-order valence-corrected chi connectivity index (χ4v) is 3.95. The van der Waals surface area contributed by atoms with E-state index in [-0.39, 0.29) is 23.3 Å². The van der Waals surface area contributed by atoms with Crippen LogP contribution in [0.2, 0.25) is 0 Å². The van der Waals surface area contributed by atoms with Crippen molar-refractivity contribution in [2.45, 2.75) is 43.6 Å². The molecule has 1 unspecified atom stereocenters. The number of carbonyl (C=O) groups excluding carboxylic acids is 1. The summed E-state index contributed by atoms with van der Waals surface area (Å²) in [6, 6.07) is 15.1. The third kappa shape index (κ3) is 3.26. The molecule has 4 rings (SSSR count). The second-order valence-electron chi connectivity index (χ2n) is 7.23. The number of hydrogen-bond donors (Lipinski definition) is 2. The zero-order valence-electron chi connectivity index (χ0n) is 14.2. The summed E-state index contributed by atoms with van der Waals surface area (Å²) in [6.45, 7) is 0.480. The van der Waals surface area contributed by atoms with Crippen LogP contribution in [0.4, 0.5) is 9.18 Å². The van der Waals surface area contributed by atoms with Crippen LogP contribution in [0.3, 0.4) is 0 Å². The van der Waals surface area contributed by atoms with Crippen molar-refractivity contribution in [2.75, 3.05) is 6.54 Å². The highest BCUT2D eigenvalue weighted by atomic mass is 19.1. The summed E-state index contributed by atoms with van der Waals surface area (Å²) in [4.78, 5) is 12.4. The van der Waals surface area contributed by atoms with Gasteiger partial charge < -0.3 is 10.6 Å². The zero-order valence-corrected chi connectivity index (χ0v) is 14.2. The van der Waals surface area contributed by atoms with Crippen molar-refractivity contribution in [3.8, 4) is 0 Å². The average Bonchev–Trinajstić information content (AvgIpc) is 3.42. The van der Waals surface area contributed by atoms with Crippen LogP contribution in [0.5, 0.6) is 0 Å². The highest BCUT2D eigenvalue weighted by Crippen LogP contribution is 2.48. The number of benzene rings is 2. The maximum atomic E-state index is 14.1. The van der Waals surface area contributed by atoms with Gasteiger partial charge in [0.1, 0.15) is 5.82 Å². The van der Waals surface area contributed by atoms with Crippen LogP contribution in [0.15, 0.2) is 48.5 Å². The molecule has 0 radical (unpaired) electrons. The highest BCUT2D eigenvalue weighted by molar-refractivity contribution is 5.74. The van der Waals surface area contributed by atoms with Crippen molar-refractivity contribution in [3.05, 3.63) is 71.0 Å². The molecule has 0 heterocycles. The predicted molar refractivity (Wildman–Crippen MR) is 96.0 cm³/mol. The average molecular weight is 338 g/mol. The van der Waals surface area contributed by atoms with Gasteiger partial charge in [0.15, 0.2) is 0 Å². The Bertz CT molecular complexity index is 785. The molecule has 2 aromatic carbocycles. The molecule has 0 bridgehead atoms. The zero-order chi connectivity index (χ0) is 17.3. The van der Waals surface area contributed by atoms with Gasteiger partial charge in [0.25, 0.3) is 0 Å². The maximum Gasteiger partial charge on any atom is 0.315 e. The number of halogens is 1. The fraction of sp³-hybridized carbons (Fsp3) is 0.381. The number of amides is 2. The maximum absolute atomic E-state index is 14.1. The van der Waals surface area contributed by atoms with E-state index in [9.17, 15) is 9.18 Å². The predicted octanol–water partition coefficient (Wildman–Crippen LogP) is 4.23. The van der Waals surface area contributed by atoms with E-state index in [1.54, 1.807) is 6.07 Å². The van der Waals surface area contributed by atoms with Crippen LogP contribution < -0.4 is 10.6 Å². The molecule has 1 saturated carbocycles. The molecule has 4 heteroatoms. The standard InChI is InChI=1S/C21H23FN2O/c22-18-10-4-3-9-17(18)21(12-13-21)14-23-20(25)24-19-11-5-7-15-6-1-2-8-16(15)19/h1-4,6,8-10,19H,5,7,11-14H2,(H2,23,24,25). The first-order valence-corrected chi connectivity index (χ1v) is 9.05.